The van der Waals surface area contributed by atoms with Crippen molar-refractivity contribution >= 4 is 76.1 Å². The number of fused-ring (bicyclic) bond motifs is 10. The molecule has 9 aromatic carbocycles. The molecule has 12 rings (SSSR count). The zero-order valence-corrected chi connectivity index (χ0v) is 30.0. The van der Waals surface area contributed by atoms with Crippen molar-refractivity contribution in [3.8, 4) is 39.9 Å². The third-order valence-corrected chi connectivity index (χ3v) is 11.2. The minimum atomic E-state index is 0.593. The van der Waals surface area contributed by atoms with Gasteiger partial charge in [0.25, 0.3) is 0 Å². The lowest BCUT2D eigenvalue weighted by atomic mass is 10.0. The summed E-state index contributed by atoms with van der Waals surface area (Å²) in [5.74, 6) is 1.83. The van der Waals surface area contributed by atoms with Crippen LogP contribution in [0, 0.1) is 0 Å². The number of benzene rings is 9. The number of hydrogen-bond donors (Lipinski definition) is 0. The molecule has 0 amide bonds. The number of hydrogen-bond acceptors (Lipinski definition) is 4. The second-order valence-corrected chi connectivity index (χ2v) is 14.4. The van der Waals surface area contributed by atoms with Gasteiger partial charge in [0.2, 0.25) is 0 Å². The monoisotopic (exact) mass is 714 g/mol. The van der Waals surface area contributed by atoms with Crippen molar-refractivity contribution in [2.24, 2.45) is 0 Å². The Morgan fingerprint density at radius 1 is 0.357 bits per heavy atom. The van der Waals surface area contributed by atoms with Crippen molar-refractivity contribution in [2.75, 3.05) is 0 Å². The quantitative estimate of drug-likeness (QED) is 0.182. The summed E-state index contributed by atoms with van der Waals surface area (Å²) < 4.78 is 8.98. The van der Waals surface area contributed by atoms with E-state index in [0.29, 0.717) is 17.5 Å². The molecule has 3 heterocycles. The number of rotatable bonds is 4. The average molecular weight is 715 g/mol. The van der Waals surface area contributed by atoms with Crippen LogP contribution >= 0.6 is 0 Å². The Morgan fingerprint density at radius 2 is 1.04 bits per heavy atom. The average Bonchev–Trinajstić information content (AvgIpc) is 3.80. The Bertz CT molecular complexity index is 3540. The van der Waals surface area contributed by atoms with Crippen molar-refractivity contribution in [3.63, 3.8) is 0 Å². The lowest BCUT2D eigenvalue weighted by Crippen LogP contribution is -2.00. The molecule has 0 saturated heterocycles. The van der Waals surface area contributed by atoms with E-state index in [4.69, 9.17) is 19.4 Å². The molecule has 0 bridgehead atoms. The van der Waals surface area contributed by atoms with Gasteiger partial charge < -0.3 is 8.98 Å². The van der Waals surface area contributed by atoms with Gasteiger partial charge in [0.1, 0.15) is 11.2 Å². The number of aromatic nitrogens is 4. The molecule has 56 heavy (non-hydrogen) atoms. The molecule has 5 nitrogen and oxygen atoms in total. The fraction of sp³-hybridized carbons (Fsp3) is 0. The minimum Gasteiger partial charge on any atom is -0.456 e. The van der Waals surface area contributed by atoms with Crippen LogP contribution in [0.1, 0.15) is 0 Å². The first-order valence-corrected chi connectivity index (χ1v) is 18.8. The van der Waals surface area contributed by atoms with Crippen LogP contribution in [0.5, 0.6) is 0 Å². The van der Waals surface area contributed by atoms with Crippen LogP contribution in [0.3, 0.4) is 0 Å². The molecule has 0 spiro atoms. The predicted molar refractivity (Wildman–Crippen MR) is 230 cm³/mol. The summed E-state index contributed by atoms with van der Waals surface area (Å²) in [6.07, 6.45) is 0. The molecular formula is C51H30N4O. The van der Waals surface area contributed by atoms with Crippen molar-refractivity contribution in [1.29, 1.82) is 0 Å². The molecule has 5 heteroatoms. The van der Waals surface area contributed by atoms with E-state index in [1.165, 1.54) is 37.7 Å². The van der Waals surface area contributed by atoms with Gasteiger partial charge in [-0.2, -0.15) is 0 Å². The summed E-state index contributed by atoms with van der Waals surface area (Å²) in [4.78, 5) is 15.4. The maximum Gasteiger partial charge on any atom is 0.164 e. The summed E-state index contributed by atoms with van der Waals surface area (Å²) in [5.41, 5.74) is 7.71. The van der Waals surface area contributed by atoms with Crippen LogP contribution in [0.4, 0.5) is 0 Å². The molecule has 12 aromatic rings. The second kappa shape index (κ2) is 11.9. The van der Waals surface area contributed by atoms with Crippen molar-refractivity contribution < 1.29 is 4.42 Å². The largest absolute Gasteiger partial charge is 0.456 e. The maximum atomic E-state index is 6.57. The van der Waals surface area contributed by atoms with Crippen LogP contribution < -0.4 is 0 Å². The summed E-state index contributed by atoms with van der Waals surface area (Å²) in [6.45, 7) is 0. The van der Waals surface area contributed by atoms with E-state index in [2.05, 4.69) is 144 Å². The van der Waals surface area contributed by atoms with E-state index in [1.54, 1.807) is 0 Å². The Kier molecular flexibility index (Phi) is 6.56. The first kappa shape index (κ1) is 30.8. The standard InChI is InChI=1S/C51H30N4O/c1-2-13-33(14-3-1)49-52-50(37-22-21-31-11-4-5-15-34(31)27-37)54-51(53-49)40-19-10-20-46-48(40)42-30-38(24-26-45(42)56-46)55-43-25-23-32-12-8-9-18-39(32)47(43)41-28-35-16-6-7-17-36(35)29-44(41)55/h1-30H. The highest BCUT2D eigenvalue weighted by molar-refractivity contribution is 6.23. The van der Waals surface area contributed by atoms with E-state index in [9.17, 15) is 0 Å². The summed E-state index contributed by atoms with van der Waals surface area (Å²) in [5, 5.41) is 11.7. The van der Waals surface area contributed by atoms with Gasteiger partial charge in [0.15, 0.2) is 17.5 Å². The lowest BCUT2D eigenvalue weighted by molar-refractivity contribution is 0.669. The van der Waals surface area contributed by atoms with Crippen LogP contribution in [-0.2, 0) is 0 Å². The Labute approximate surface area is 320 Å². The second-order valence-electron chi connectivity index (χ2n) is 14.4. The molecule has 0 fully saturated rings. The van der Waals surface area contributed by atoms with Crippen molar-refractivity contribution in [3.05, 3.63) is 182 Å². The summed E-state index contributed by atoms with van der Waals surface area (Å²) in [6, 6.07) is 64.0. The molecule has 0 aliphatic rings. The third-order valence-electron chi connectivity index (χ3n) is 11.2. The Hall–Kier alpha value is -7.63. The van der Waals surface area contributed by atoms with Gasteiger partial charge in [0, 0.05) is 43.9 Å². The molecule has 0 atom stereocenters. The smallest absolute Gasteiger partial charge is 0.164 e. The van der Waals surface area contributed by atoms with Gasteiger partial charge in [-0.25, -0.2) is 15.0 Å². The molecular weight excluding hydrogens is 685 g/mol. The molecule has 0 saturated carbocycles. The van der Waals surface area contributed by atoms with E-state index in [1.807, 2.05) is 42.5 Å². The third kappa shape index (κ3) is 4.71. The topological polar surface area (TPSA) is 56.7 Å². The molecule has 0 radical (unpaired) electrons. The van der Waals surface area contributed by atoms with Gasteiger partial charge in [-0.05, 0) is 80.8 Å². The first-order valence-electron chi connectivity index (χ1n) is 18.8. The molecule has 0 unspecified atom stereocenters. The van der Waals surface area contributed by atoms with Crippen LogP contribution in [-0.4, -0.2) is 19.5 Å². The van der Waals surface area contributed by atoms with Gasteiger partial charge in [-0.3, -0.25) is 0 Å². The molecule has 0 N–H and O–H groups in total. The maximum absolute atomic E-state index is 6.57. The normalized spacial score (nSPS) is 11.9. The van der Waals surface area contributed by atoms with Gasteiger partial charge in [-0.1, -0.05) is 133 Å². The highest BCUT2D eigenvalue weighted by atomic mass is 16.3. The Balaban J connectivity index is 1.12. The molecule has 0 aliphatic carbocycles. The molecule has 260 valence electrons. The number of furan rings is 1. The summed E-state index contributed by atoms with van der Waals surface area (Å²) >= 11 is 0. The highest BCUT2D eigenvalue weighted by Crippen LogP contribution is 2.42. The molecule has 3 aromatic heterocycles. The van der Waals surface area contributed by atoms with E-state index >= 15 is 0 Å². The minimum absolute atomic E-state index is 0.593. The van der Waals surface area contributed by atoms with Gasteiger partial charge in [-0.15, -0.1) is 0 Å². The fourth-order valence-corrected chi connectivity index (χ4v) is 8.56. The fourth-order valence-electron chi connectivity index (χ4n) is 8.56. The van der Waals surface area contributed by atoms with E-state index < -0.39 is 0 Å². The van der Waals surface area contributed by atoms with Crippen molar-refractivity contribution in [2.45, 2.75) is 0 Å². The first-order chi connectivity index (χ1) is 27.7. The highest BCUT2D eigenvalue weighted by Gasteiger charge is 2.21. The van der Waals surface area contributed by atoms with E-state index in [0.717, 1.165) is 60.7 Å². The van der Waals surface area contributed by atoms with E-state index in [-0.39, 0.29) is 0 Å². The lowest BCUT2D eigenvalue weighted by Gasteiger charge is -2.11. The van der Waals surface area contributed by atoms with Gasteiger partial charge in [0.05, 0.1) is 11.0 Å². The zero-order valence-electron chi connectivity index (χ0n) is 30.0. The zero-order chi connectivity index (χ0) is 36.7. The Morgan fingerprint density at radius 3 is 1.88 bits per heavy atom. The van der Waals surface area contributed by atoms with Crippen LogP contribution in [0.15, 0.2) is 186 Å². The van der Waals surface area contributed by atoms with Crippen LogP contribution in [0.25, 0.3) is 116 Å². The predicted octanol–water partition coefficient (Wildman–Crippen LogP) is 13.3. The molecule has 0 aliphatic heterocycles. The SMILES string of the molecule is c1ccc(-c2nc(-c3ccc4ccccc4c3)nc(-c3cccc4oc5ccc(-n6c7cc8ccccc8cc7c7c8ccccc8ccc76)cc5c34)n2)cc1. The van der Waals surface area contributed by atoms with Gasteiger partial charge >= 0.3 is 0 Å². The van der Waals surface area contributed by atoms with Crippen molar-refractivity contribution in [1.82, 2.24) is 19.5 Å². The number of nitrogens with zero attached hydrogens (tertiary/aromatic N) is 4. The summed E-state index contributed by atoms with van der Waals surface area (Å²) in [7, 11) is 0. The van der Waals surface area contributed by atoms with Crippen LogP contribution in [0.2, 0.25) is 0 Å².